The molecule has 0 atom stereocenters. The molecule has 1 aliphatic heterocycles. The van der Waals surface area contributed by atoms with E-state index in [0.717, 1.165) is 50.0 Å². The van der Waals surface area contributed by atoms with Crippen LogP contribution in [0.5, 0.6) is 11.6 Å². The second-order valence-corrected chi connectivity index (χ2v) is 9.55. The van der Waals surface area contributed by atoms with Crippen LogP contribution in [0.25, 0.3) is 11.4 Å². The number of benzene rings is 2. The number of ether oxygens (including phenoxy) is 1. The summed E-state index contributed by atoms with van der Waals surface area (Å²) >= 11 is 8.03. The molecule has 7 heteroatoms. The Kier molecular flexibility index (Phi) is 6.55. The van der Waals surface area contributed by atoms with Gasteiger partial charge < -0.3 is 9.84 Å². The molecule has 0 radical (unpaired) electrons. The molecule has 0 bridgehead atoms. The number of aliphatic hydroxyl groups is 1. The van der Waals surface area contributed by atoms with Gasteiger partial charge >= 0.3 is 0 Å². The molecule has 5 nitrogen and oxygen atoms in total. The van der Waals surface area contributed by atoms with E-state index in [0.29, 0.717) is 29.6 Å². The minimum atomic E-state index is -0.0981. The van der Waals surface area contributed by atoms with E-state index in [1.165, 1.54) is 5.56 Å². The Morgan fingerprint density at radius 3 is 2.56 bits per heavy atom. The number of nitrogens with zero attached hydrogens (tertiary/aromatic N) is 3. The lowest BCUT2D eigenvalue weighted by Gasteiger charge is -2.24. The summed E-state index contributed by atoms with van der Waals surface area (Å²) in [5, 5.41) is 11.5. The summed E-state index contributed by atoms with van der Waals surface area (Å²) in [7, 11) is 0. The third-order valence-electron chi connectivity index (χ3n) is 6.00. The largest absolute Gasteiger partial charge is 0.436 e. The molecule has 4 aromatic rings. The molecule has 0 amide bonds. The number of fused-ring (bicyclic) bond motifs is 2. The molecule has 0 aliphatic carbocycles. The van der Waals surface area contributed by atoms with Crippen molar-refractivity contribution in [2.45, 2.75) is 44.1 Å². The van der Waals surface area contributed by atoms with E-state index >= 15 is 0 Å². The smallest absolute Gasteiger partial charge is 0.227 e. The molecule has 0 saturated heterocycles. The average Bonchev–Trinajstić information content (AvgIpc) is 2.87. The van der Waals surface area contributed by atoms with Crippen LogP contribution in [0.4, 0.5) is 0 Å². The number of halogens is 1. The molecule has 5 rings (SSSR count). The van der Waals surface area contributed by atoms with Crippen LogP contribution < -0.4 is 4.74 Å². The van der Waals surface area contributed by atoms with E-state index in [4.69, 9.17) is 26.3 Å². The second-order valence-electron chi connectivity index (χ2n) is 8.18. The lowest BCUT2D eigenvalue weighted by molar-refractivity contribution is 0.278. The van der Waals surface area contributed by atoms with Crippen molar-refractivity contribution in [3.63, 3.8) is 0 Å². The summed E-state index contributed by atoms with van der Waals surface area (Å²) in [5.74, 6) is 2.51. The van der Waals surface area contributed by atoms with Gasteiger partial charge in [-0.1, -0.05) is 61.0 Å². The Labute approximate surface area is 208 Å². The molecular formula is C27H24ClN3O2S. The Bertz CT molecular complexity index is 1360. The lowest BCUT2D eigenvalue weighted by Crippen LogP contribution is -2.13. The van der Waals surface area contributed by atoms with Crippen molar-refractivity contribution in [3.8, 4) is 23.0 Å². The van der Waals surface area contributed by atoms with Crippen LogP contribution in [0.2, 0.25) is 5.02 Å². The van der Waals surface area contributed by atoms with Crippen molar-refractivity contribution in [3.05, 3.63) is 93.3 Å². The summed E-state index contributed by atoms with van der Waals surface area (Å²) < 4.78 is 6.31. The molecule has 0 saturated carbocycles. The molecule has 34 heavy (non-hydrogen) atoms. The minimum Gasteiger partial charge on any atom is -0.436 e. The third-order valence-corrected chi connectivity index (χ3v) is 7.44. The van der Waals surface area contributed by atoms with Gasteiger partial charge in [0, 0.05) is 40.1 Å². The first-order valence-electron chi connectivity index (χ1n) is 11.2. The fourth-order valence-electron chi connectivity index (χ4n) is 3.99. The molecule has 0 fully saturated rings. The van der Waals surface area contributed by atoms with Crippen LogP contribution in [0.15, 0.2) is 59.8 Å². The predicted molar refractivity (Wildman–Crippen MR) is 136 cm³/mol. The van der Waals surface area contributed by atoms with Gasteiger partial charge in [0.05, 0.1) is 17.9 Å². The maximum absolute atomic E-state index is 9.87. The van der Waals surface area contributed by atoms with E-state index in [1.807, 2.05) is 31.2 Å². The van der Waals surface area contributed by atoms with Gasteiger partial charge in [-0.25, -0.2) is 4.98 Å². The first-order chi connectivity index (χ1) is 16.6. The van der Waals surface area contributed by atoms with Crippen LogP contribution in [-0.4, -0.2) is 20.1 Å². The van der Waals surface area contributed by atoms with Crippen LogP contribution in [0, 0.1) is 6.92 Å². The van der Waals surface area contributed by atoms with Crippen molar-refractivity contribution in [2.24, 2.45) is 0 Å². The van der Waals surface area contributed by atoms with Crippen LogP contribution >= 0.6 is 23.4 Å². The van der Waals surface area contributed by atoms with Crippen molar-refractivity contribution in [2.75, 3.05) is 0 Å². The summed E-state index contributed by atoms with van der Waals surface area (Å²) in [5.41, 5.74) is 6.63. The van der Waals surface area contributed by atoms with Gasteiger partial charge in [0.1, 0.15) is 5.03 Å². The van der Waals surface area contributed by atoms with E-state index in [9.17, 15) is 5.11 Å². The Hall–Kier alpha value is -2.93. The fraction of sp³-hybridized carbons (Fsp3) is 0.222. The number of thioether (sulfide) groups is 1. The highest BCUT2D eigenvalue weighted by atomic mass is 35.5. The SMILES string of the molecule is CCc1ccc(-c2nc3c(c(SCc4ccccc4Cl)n2)Cc2c(CO)cnc(C)c2O3)cc1. The van der Waals surface area contributed by atoms with Crippen molar-refractivity contribution >= 4 is 23.4 Å². The Morgan fingerprint density at radius 2 is 1.82 bits per heavy atom. The molecular weight excluding hydrogens is 466 g/mol. The molecule has 2 aromatic carbocycles. The zero-order chi connectivity index (χ0) is 23.7. The van der Waals surface area contributed by atoms with Gasteiger partial charge in [-0.15, -0.1) is 11.8 Å². The first kappa shape index (κ1) is 22.8. The van der Waals surface area contributed by atoms with Crippen molar-refractivity contribution < 1.29 is 9.84 Å². The number of hydrogen-bond acceptors (Lipinski definition) is 6. The first-order valence-corrected chi connectivity index (χ1v) is 12.6. The number of pyridine rings is 1. The van der Waals surface area contributed by atoms with Gasteiger partial charge in [0.15, 0.2) is 11.6 Å². The van der Waals surface area contributed by atoms with Gasteiger partial charge in [-0.3, -0.25) is 4.98 Å². The summed E-state index contributed by atoms with van der Waals surface area (Å²) in [6.07, 6.45) is 3.26. The second kappa shape index (κ2) is 9.74. The number of aliphatic hydroxyl groups excluding tert-OH is 1. The molecule has 2 aromatic heterocycles. The number of rotatable bonds is 6. The van der Waals surface area contributed by atoms with E-state index < -0.39 is 0 Å². The number of aryl methyl sites for hydroxylation is 2. The van der Waals surface area contributed by atoms with E-state index in [2.05, 4.69) is 36.2 Å². The lowest BCUT2D eigenvalue weighted by atomic mass is 9.99. The normalized spacial score (nSPS) is 12.1. The summed E-state index contributed by atoms with van der Waals surface area (Å²) in [6, 6.07) is 16.2. The van der Waals surface area contributed by atoms with E-state index in [1.54, 1.807) is 18.0 Å². The highest BCUT2D eigenvalue weighted by Crippen LogP contribution is 2.43. The van der Waals surface area contributed by atoms with Gasteiger partial charge in [0.25, 0.3) is 0 Å². The standard InChI is InChI=1S/C27H24ClN3O2S/c1-3-17-8-10-18(11-9-17)25-30-26-22(12-21-20(14-32)13-29-16(2)24(21)33-26)27(31-25)34-15-19-6-4-5-7-23(19)28/h4-11,13,32H,3,12,14-15H2,1-2H3. The molecule has 0 unspecified atom stereocenters. The monoisotopic (exact) mass is 489 g/mol. The number of hydrogen-bond donors (Lipinski definition) is 1. The maximum Gasteiger partial charge on any atom is 0.227 e. The molecule has 3 heterocycles. The topological polar surface area (TPSA) is 68.1 Å². The minimum absolute atomic E-state index is 0.0981. The van der Waals surface area contributed by atoms with Crippen LogP contribution in [0.3, 0.4) is 0 Å². The van der Waals surface area contributed by atoms with Crippen LogP contribution in [-0.2, 0) is 25.2 Å². The highest BCUT2D eigenvalue weighted by Gasteiger charge is 2.27. The Balaban J connectivity index is 1.59. The summed E-state index contributed by atoms with van der Waals surface area (Å²) in [6.45, 7) is 3.94. The molecule has 0 spiro atoms. The van der Waals surface area contributed by atoms with Crippen molar-refractivity contribution in [1.29, 1.82) is 0 Å². The Morgan fingerprint density at radius 1 is 1.03 bits per heavy atom. The zero-order valence-corrected chi connectivity index (χ0v) is 20.6. The zero-order valence-electron chi connectivity index (χ0n) is 19.0. The van der Waals surface area contributed by atoms with E-state index in [-0.39, 0.29) is 6.61 Å². The molecule has 172 valence electrons. The average molecular weight is 490 g/mol. The van der Waals surface area contributed by atoms with Crippen LogP contribution in [0.1, 0.15) is 40.4 Å². The third kappa shape index (κ3) is 4.41. The molecule has 1 N–H and O–H groups in total. The van der Waals surface area contributed by atoms with Gasteiger partial charge in [-0.05, 0) is 30.5 Å². The van der Waals surface area contributed by atoms with Gasteiger partial charge in [0.2, 0.25) is 5.88 Å². The predicted octanol–water partition coefficient (Wildman–Crippen LogP) is 6.54. The molecule has 1 aliphatic rings. The summed E-state index contributed by atoms with van der Waals surface area (Å²) in [4.78, 5) is 14.2. The van der Waals surface area contributed by atoms with Crippen molar-refractivity contribution in [1.82, 2.24) is 15.0 Å². The number of aromatic nitrogens is 3. The van der Waals surface area contributed by atoms with Gasteiger partial charge in [-0.2, -0.15) is 4.98 Å². The highest BCUT2D eigenvalue weighted by molar-refractivity contribution is 7.98. The quantitative estimate of drug-likeness (QED) is 0.215. The fourth-order valence-corrected chi connectivity index (χ4v) is 5.30. The maximum atomic E-state index is 9.87.